The van der Waals surface area contributed by atoms with Gasteiger partial charge in [-0.15, -0.1) is 11.3 Å². The molecule has 2 atom stereocenters. The number of thiophene rings is 1. The summed E-state index contributed by atoms with van der Waals surface area (Å²) >= 11 is 1.49. The van der Waals surface area contributed by atoms with Crippen LogP contribution in [0.3, 0.4) is 0 Å². The average molecular weight is 412 g/mol. The van der Waals surface area contributed by atoms with Crippen molar-refractivity contribution >= 4 is 23.2 Å². The summed E-state index contributed by atoms with van der Waals surface area (Å²) in [4.78, 5) is 30.9. The van der Waals surface area contributed by atoms with Crippen molar-refractivity contribution in [2.75, 3.05) is 13.1 Å². The van der Waals surface area contributed by atoms with Crippen molar-refractivity contribution in [3.05, 3.63) is 58.3 Å². The van der Waals surface area contributed by atoms with Gasteiger partial charge in [0.25, 0.3) is 5.91 Å². The molecule has 2 saturated heterocycles. The molecule has 2 fully saturated rings. The molecule has 6 heteroatoms. The Labute approximate surface area is 176 Å². The van der Waals surface area contributed by atoms with E-state index >= 15 is 0 Å². The molecular formula is C23H29N3O2S. The van der Waals surface area contributed by atoms with Crippen LogP contribution in [0.4, 0.5) is 0 Å². The number of hydrogen-bond acceptors (Lipinski definition) is 4. The van der Waals surface area contributed by atoms with E-state index < -0.39 is 0 Å². The molecule has 0 radical (unpaired) electrons. The number of carbonyl (C=O) groups excluding carboxylic acids is 2. The van der Waals surface area contributed by atoms with Gasteiger partial charge < -0.3 is 9.80 Å². The van der Waals surface area contributed by atoms with Crippen LogP contribution in [0.15, 0.2) is 47.8 Å². The van der Waals surface area contributed by atoms with E-state index in [0.717, 1.165) is 24.1 Å². The first-order valence-electron chi connectivity index (χ1n) is 10.5. The second-order valence-electron chi connectivity index (χ2n) is 8.15. The third kappa shape index (κ3) is 3.83. The predicted octanol–water partition coefficient (Wildman–Crippen LogP) is 3.52. The Morgan fingerprint density at radius 2 is 1.93 bits per heavy atom. The van der Waals surface area contributed by atoms with Crippen molar-refractivity contribution in [3.8, 4) is 0 Å². The van der Waals surface area contributed by atoms with Crippen molar-refractivity contribution in [2.24, 2.45) is 0 Å². The van der Waals surface area contributed by atoms with Crippen LogP contribution in [0.1, 0.15) is 48.3 Å². The molecule has 29 heavy (non-hydrogen) atoms. The van der Waals surface area contributed by atoms with Gasteiger partial charge in [0.05, 0.1) is 16.6 Å². The minimum Gasteiger partial charge on any atom is -0.338 e. The Balaban J connectivity index is 1.51. The van der Waals surface area contributed by atoms with Gasteiger partial charge in [0.2, 0.25) is 5.91 Å². The lowest BCUT2D eigenvalue weighted by molar-refractivity contribution is -0.136. The molecule has 2 aromatic rings. The van der Waals surface area contributed by atoms with Crippen molar-refractivity contribution in [1.82, 2.24) is 15.1 Å². The van der Waals surface area contributed by atoms with E-state index in [1.807, 2.05) is 40.6 Å². The molecule has 1 aromatic heterocycles. The Morgan fingerprint density at radius 3 is 2.55 bits per heavy atom. The molecule has 2 amide bonds. The molecule has 1 spiro atoms. The summed E-state index contributed by atoms with van der Waals surface area (Å²) in [6, 6.07) is 14.0. The second-order valence-corrected chi connectivity index (χ2v) is 9.10. The van der Waals surface area contributed by atoms with Gasteiger partial charge >= 0.3 is 0 Å². The van der Waals surface area contributed by atoms with E-state index in [1.165, 1.54) is 16.9 Å². The molecule has 154 valence electrons. The molecule has 0 saturated carbocycles. The highest BCUT2D eigenvalue weighted by molar-refractivity contribution is 7.12. The van der Waals surface area contributed by atoms with Gasteiger partial charge in [-0.1, -0.05) is 43.3 Å². The number of piperidine rings is 1. The number of benzene rings is 1. The summed E-state index contributed by atoms with van der Waals surface area (Å²) in [6.07, 6.45) is 3.16. The van der Waals surface area contributed by atoms with E-state index in [1.54, 1.807) is 0 Å². The van der Waals surface area contributed by atoms with Crippen LogP contribution >= 0.6 is 11.3 Å². The van der Waals surface area contributed by atoms with Crippen molar-refractivity contribution in [1.29, 1.82) is 0 Å². The molecule has 2 aliphatic heterocycles. The Kier molecular flexibility index (Phi) is 5.74. The zero-order valence-electron chi connectivity index (χ0n) is 17.1. The summed E-state index contributed by atoms with van der Waals surface area (Å²) < 4.78 is 0. The van der Waals surface area contributed by atoms with E-state index in [4.69, 9.17) is 0 Å². The van der Waals surface area contributed by atoms with Crippen LogP contribution in [0.25, 0.3) is 0 Å². The van der Waals surface area contributed by atoms with Crippen molar-refractivity contribution < 1.29 is 9.59 Å². The van der Waals surface area contributed by atoms with E-state index in [2.05, 4.69) is 36.2 Å². The maximum absolute atomic E-state index is 13.4. The SMILES string of the molecule is CC[C@@H](C)N1C(=O)[C@H](Cc2ccccc2)NC12CCN(C(=O)c1cccs1)CC2. The number of rotatable bonds is 5. The molecule has 0 aliphatic carbocycles. The van der Waals surface area contributed by atoms with Gasteiger partial charge in [0.1, 0.15) is 0 Å². The summed E-state index contributed by atoms with van der Waals surface area (Å²) in [7, 11) is 0. The lowest BCUT2D eigenvalue weighted by Gasteiger charge is -2.46. The molecule has 2 aliphatic rings. The number of hydrogen-bond donors (Lipinski definition) is 1. The second kappa shape index (κ2) is 8.28. The van der Waals surface area contributed by atoms with E-state index in [-0.39, 0.29) is 29.6 Å². The predicted molar refractivity (Wildman–Crippen MR) is 116 cm³/mol. The maximum atomic E-state index is 13.4. The topological polar surface area (TPSA) is 52.7 Å². The monoisotopic (exact) mass is 411 g/mol. The molecule has 0 bridgehead atoms. The maximum Gasteiger partial charge on any atom is 0.263 e. The largest absolute Gasteiger partial charge is 0.338 e. The lowest BCUT2D eigenvalue weighted by atomic mass is 9.94. The van der Waals surface area contributed by atoms with Gasteiger partial charge in [0, 0.05) is 32.0 Å². The number of nitrogens with zero attached hydrogens (tertiary/aromatic N) is 2. The number of nitrogens with one attached hydrogen (secondary N) is 1. The highest BCUT2D eigenvalue weighted by Crippen LogP contribution is 2.36. The third-order valence-corrected chi connectivity index (χ3v) is 7.22. The smallest absolute Gasteiger partial charge is 0.263 e. The van der Waals surface area contributed by atoms with Gasteiger partial charge in [-0.25, -0.2) is 0 Å². The van der Waals surface area contributed by atoms with Crippen LogP contribution in [0, 0.1) is 0 Å². The van der Waals surface area contributed by atoms with E-state index in [9.17, 15) is 9.59 Å². The standard InChI is InChI=1S/C23H29N3O2S/c1-3-17(2)26-21(27)19(16-18-8-5-4-6-9-18)24-23(26)11-13-25(14-12-23)22(28)20-10-7-15-29-20/h4-10,15,17,19,24H,3,11-14,16H2,1-2H3/t17-,19+/m1/s1. The van der Waals surface area contributed by atoms with Crippen LogP contribution in [-0.2, 0) is 11.2 Å². The van der Waals surface area contributed by atoms with Crippen LogP contribution in [-0.4, -0.2) is 52.5 Å². The summed E-state index contributed by atoms with van der Waals surface area (Å²) in [5.41, 5.74) is 0.822. The van der Waals surface area contributed by atoms with Gasteiger partial charge in [-0.3, -0.25) is 14.9 Å². The molecule has 0 unspecified atom stereocenters. The van der Waals surface area contributed by atoms with Gasteiger partial charge in [-0.05, 0) is 36.8 Å². The zero-order valence-corrected chi connectivity index (χ0v) is 18.0. The number of carbonyl (C=O) groups is 2. The van der Waals surface area contributed by atoms with Crippen molar-refractivity contribution in [3.63, 3.8) is 0 Å². The van der Waals surface area contributed by atoms with E-state index in [0.29, 0.717) is 19.5 Å². The van der Waals surface area contributed by atoms with Gasteiger partial charge in [-0.2, -0.15) is 0 Å². The summed E-state index contributed by atoms with van der Waals surface area (Å²) in [5.74, 6) is 0.302. The minimum absolute atomic E-state index is 0.107. The van der Waals surface area contributed by atoms with Crippen LogP contribution in [0.2, 0.25) is 0 Å². The highest BCUT2D eigenvalue weighted by atomic mass is 32.1. The zero-order chi connectivity index (χ0) is 20.4. The average Bonchev–Trinajstić information content (AvgIpc) is 3.36. The van der Waals surface area contributed by atoms with Gasteiger partial charge in [0.15, 0.2) is 0 Å². The Hall–Kier alpha value is -2.18. The normalized spacial score (nSPS) is 22.3. The summed E-state index contributed by atoms with van der Waals surface area (Å²) in [5, 5.41) is 5.64. The molecule has 1 N–H and O–H groups in total. The van der Waals surface area contributed by atoms with Crippen molar-refractivity contribution in [2.45, 2.75) is 57.3 Å². The van der Waals surface area contributed by atoms with Crippen LogP contribution < -0.4 is 5.32 Å². The molecule has 3 heterocycles. The number of amides is 2. The Morgan fingerprint density at radius 1 is 1.21 bits per heavy atom. The fourth-order valence-corrected chi connectivity index (χ4v) is 5.36. The Bertz CT molecular complexity index is 844. The first kappa shape index (κ1) is 20.1. The highest BCUT2D eigenvalue weighted by Gasteiger charge is 2.53. The lowest BCUT2D eigenvalue weighted by Crippen LogP contribution is -2.61. The fourth-order valence-electron chi connectivity index (χ4n) is 4.67. The fraction of sp³-hybridized carbons (Fsp3) is 0.478. The molecular weight excluding hydrogens is 382 g/mol. The minimum atomic E-state index is -0.349. The summed E-state index contributed by atoms with van der Waals surface area (Å²) in [6.45, 7) is 5.60. The molecule has 1 aromatic carbocycles. The third-order valence-electron chi connectivity index (χ3n) is 6.36. The number of likely N-dealkylation sites (tertiary alicyclic amines) is 1. The van der Waals surface area contributed by atoms with Crippen LogP contribution in [0.5, 0.6) is 0 Å². The molecule has 4 rings (SSSR count). The molecule has 5 nitrogen and oxygen atoms in total. The first-order valence-corrected chi connectivity index (χ1v) is 11.4. The first-order chi connectivity index (χ1) is 14.0. The quantitative estimate of drug-likeness (QED) is 0.819.